The van der Waals surface area contributed by atoms with E-state index in [4.69, 9.17) is 21.7 Å². The van der Waals surface area contributed by atoms with Crippen LogP contribution in [0.15, 0.2) is 0 Å². The summed E-state index contributed by atoms with van der Waals surface area (Å²) in [5, 5.41) is 18.2. The van der Waals surface area contributed by atoms with E-state index in [0.717, 1.165) is 12.8 Å². The Labute approximate surface area is 125 Å². The Balaban J connectivity index is 0. The molecule has 20 heavy (non-hydrogen) atoms. The molecule has 0 fully saturated rings. The minimum atomic E-state index is -0.373. The summed E-state index contributed by atoms with van der Waals surface area (Å²) in [6, 6.07) is 0. The van der Waals surface area contributed by atoms with Gasteiger partial charge in [0.2, 0.25) is 0 Å². The van der Waals surface area contributed by atoms with E-state index in [-0.39, 0.29) is 17.6 Å². The van der Waals surface area contributed by atoms with Gasteiger partial charge in [-0.15, -0.1) is 0 Å². The molecule has 4 nitrogen and oxygen atoms in total. The van der Waals surface area contributed by atoms with Gasteiger partial charge in [-0.05, 0) is 11.8 Å². The maximum atomic E-state index is 9.14. The van der Waals surface area contributed by atoms with Crippen LogP contribution in [0.1, 0.15) is 72.6 Å². The van der Waals surface area contributed by atoms with Crippen LogP contribution >= 0.6 is 0 Å². The van der Waals surface area contributed by atoms with Crippen molar-refractivity contribution in [1.82, 2.24) is 0 Å². The standard InChI is InChI=1S/C10H23NO.C6H15NO/c1-2-3-4-5-6-7-8-10(12)9-11;1-6(2,3)5(8)4-7/h10,12H,2-9,11H2,1H3;5,8H,4,7H2,1-3H3. The van der Waals surface area contributed by atoms with Crippen molar-refractivity contribution in [3.05, 3.63) is 0 Å². The predicted octanol–water partition coefficient (Wildman–Crippen LogP) is 2.41. The minimum absolute atomic E-state index is 0.0608. The van der Waals surface area contributed by atoms with E-state index in [1.54, 1.807) is 0 Å². The molecular weight excluding hydrogens is 252 g/mol. The van der Waals surface area contributed by atoms with Crippen LogP contribution in [0.2, 0.25) is 0 Å². The molecule has 0 saturated carbocycles. The van der Waals surface area contributed by atoms with Crippen molar-refractivity contribution in [2.75, 3.05) is 13.1 Å². The highest BCUT2D eigenvalue weighted by Crippen LogP contribution is 2.17. The Morgan fingerprint density at radius 3 is 1.70 bits per heavy atom. The highest BCUT2D eigenvalue weighted by molar-refractivity contribution is 4.72. The summed E-state index contributed by atoms with van der Waals surface area (Å²) in [6.45, 7) is 8.87. The van der Waals surface area contributed by atoms with Crippen LogP contribution in [0.3, 0.4) is 0 Å². The van der Waals surface area contributed by atoms with Crippen LogP contribution in [0.25, 0.3) is 0 Å². The van der Waals surface area contributed by atoms with Crippen molar-refractivity contribution in [2.45, 2.75) is 84.8 Å². The average molecular weight is 290 g/mol. The van der Waals surface area contributed by atoms with Crippen molar-refractivity contribution < 1.29 is 10.2 Å². The van der Waals surface area contributed by atoms with E-state index in [2.05, 4.69) is 6.92 Å². The van der Waals surface area contributed by atoms with E-state index in [0.29, 0.717) is 13.1 Å². The molecule has 0 aliphatic heterocycles. The van der Waals surface area contributed by atoms with E-state index in [1.165, 1.54) is 32.1 Å². The molecule has 124 valence electrons. The van der Waals surface area contributed by atoms with Gasteiger partial charge < -0.3 is 21.7 Å². The molecule has 2 atom stereocenters. The zero-order chi connectivity index (χ0) is 16.0. The molecule has 0 aromatic rings. The maximum Gasteiger partial charge on any atom is 0.0710 e. The highest BCUT2D eigenvalue weighted by Gasteiger charge is 2.19. The van der Waals surface area contributed by atoms with Crippen LogP contribution in [0, 0.1) is 5.41 Å². The van der Waals surface area contributed by atoms with Crippen molar-refractivity contribution in [1.29, 1.82) is 0 Å². The first kappa shape index (κ1) is 22.1. The van der Waals surface area contributed by atoms with Gasteiger partial charge in [0.05, 0.1) is 12.2 Å². The Morgan fingerprint density at radius 2 is 1.35 bits per heavy atom. The molecule has 0 rings (SSSR count). The van der Waals surface area contributed by atoms with E-state index >= 15 is 0 Å². The number of hydrogen-bond acceptors (Lipinski definition) is 4. The lowest BCUT2D eigenvalue weighted by atomic mass is 9.89. The van der Waals surface area contributed by atoms with E-state index in [9.17, 15) is 0 Å². The molecule has 0 aliphatic rings. The van der Waals surface area contributed by atoms with Crippen molar-refractivity contribution in [2.24, 2.45) is 16.9 Å². The van der Waals surface area contributed by atoms with Crippen LogP contribution in [0.5, 0.6) is 0 Å². The van der Waals surface area contributed by atoms with Gasteiger partial charge in [-0.1, -0.05) is 66.2 Å². The summed E-state index contributed by atoms with van der Waals surface area (Å²) >= 11 is 0. The van der Waals surface area contributed by atoms with Crippen LogP contribution in [0.4, 0.5) is 0 Å². The topological polar surface area (TPSA) is 92.5 Å². The second-order valence-electron chi connectivity index (χ2n) is 6.56. The molecule has 0 radical (unpaired) electrons. The molecule has 6 N–H and O–H groups in total. The third-order valence-corrected chi connectivity index (χ3v) is 3.39. The fraction of sp³-hybridized carbons (Fsp3) is 1.00. The molecule has 0 bridgehead atoms. The summed E-state index contributed by atoms with van der Waals surface area (Å²) < 4.78 is 0. The first-order valence-corrected chi connectivity index (χ1v) is 8.05. The number of aliphatic hydroxyl groups is 2. The lowest BCUT2D eigenvalue weighted by Crippen LogP contribution is -2.33. The molecule has 0 saturated heterocycles. The monoisotopic (exact) mass is 290 g/mol. The predicted molar refractivity (Wildman–Crippen MR) is 87.6 cm³/mol. The molecule has 0 spiro atoms. The Kier molecular flexibility index (Phi) is 15.3. The number of hydrogen-bond donors (Lipinski definition) is 4. The van der Waals surface area contributed by atoms with Crippen molar-refractivity contribution in [3.63, 3.8) is 0 Å². The lowest BCUT2D eigenvalue weighted by Gasteiger charge is -2.23. The normalized spacial score (nSPS) is 14.4. The van der Waals surface area contributed by atoms with Crippen LogP contribution in [-0.2, 0) is 0 Å². The lowest BCUT2D eigenvalue weighted by molar-refractivity contribution is 0.0709. The molecule has 0 amide bonds. The van der Waals surface area contributed by atoms with Gasteiger partial charge in [-0.2, -0.15) is 0 Å². The van der Waals surface area contributed by atoms with E-state index in [1.807, 2.05) is 20.8 Å². The Hall–Kier alpha value is -0.160. The summed E-state index contributed by atoms with van der Waals surface area (Å²) in [5.41, 5.74) is 10.4. The van der Waals surface area contributed by atoms with Gasteiger partial charge >= 0.3 is 0 Å². The zero-order valence-electron chi connectivity index (χ0n) is 14.1. The molecule has 0 heterocycles. The number of aliphatic hydroxyl groups excluding tert-OH is 2. The number of rotatable bonds is 9. The smallest absolute Gasteiger partial charge is 0.0710 e. The molecule has 4 heteroatoms. The maximum absolute atomic E-state index is 9.14. The Bertz CT molecular complexity index is 193. The minimum Gasteiger partial charge on any atom is -0.392 e. The average Bonchev–Trinajstić information content (AvgIpc) is 2.41. The Morgan fingerprint density at radius 1 is 0.850 bits per heavy atom. The van der Waals surface area contributed by atoms with Gasteiger partial charge in [0.25, 0.3) is 0 Å². The highest BCUT2D eigenvalue weighted by atomic mass is 16.3. The molecule has 0 aromatic heterocycles. The van der Waals surface area contributed by atoms with Gasteiger partial charge in [0.1, 0.15) is 0 Å². The number of nitrogens with two attached hydrogens (primary N) is 2. The van der Waals surface area contributed by atoms with Gasteiger partial charge in [0, 0.05) is 13.1 Å². The van der Waals surface area contributed by atoms with Gasteiger partial charge in [-0.3, -0.25) is 0 Å². The summed E-state index contributed by atoms with van der Waals surface area (Å²) in [4.78, 5) is 0. The fourth-order valence-electron chi connectivity index (χ4n) is 1.63. The molecular formula is C16H38N2O2. The first-order chi connectivity index (χ1) is 9.29. The molecule has 0 aromatic carbocycles. The fourth-order valence-corrected chi connectivity index (χ4v) is 1.63. The second-order valence-corrected chi connectivity index (χ2v) is 6.56. The summed E-state index contributed by atoms with van der Waals surface area (Å²) in [7, 11) is 0. The van der Waals surface area contributed by atoms with Crippen molar-refractivity contribution in [3.8, 4) is 0 Å². The number of unbranched alkanes of at least 4 members (excludes halogenated alkanes) is 5. The first-order valence-electron chi connectivity index (χ1n) is 8.05. The van der Waals surface area contributed by atoms with Gasteiger partial charge in [0.15, 0.2) is 0 Å². The largest absolute Gasteiger partial charge is 0.392 e. The van der Waals surface area contributed by atoms with Crippen LogP contribution < -0.4 is 11.5 Å². The SMILES string of the molecule is CC(C)(C)C(O)CN.CCCCCCCCC(O)CN. The van der Waals surface area contributed by atoms with E-state index < -0.39 is 0 Å². The summed E-state index contributed by atoms with van der Waals surface area (Å²) in [5.74, 6) is 0. The quantitative estimate of drug-likeness (QED) is 0.491. The van der Waals surface area contributed by atoms with Crippen LogP contribution in [-0.4, -0.2) is 35.5 Å². The zero-order valence-corrected chi connectivity index (χ0v) is 14.1. The van der Waals surface area contributed by atoms with Crippen molar-refractivity contribution >= 4 is 0 Å². The molecule has 2 unspecified atom stereocenters. The second kappa shape index (κ2) is 13.8. The third-order valence-electron chi connectivity index (χ3n) is 3.39. The van der Waals surface area contributed by atoms with Gasteiger partial charge in [-0.25, -0.2) is 0 Å². The molecule has 0 aliphatic carbocycles. The third kappa shape index (κ3) is 15.9. The summed E-state index contributed by atoms with van der Waals surface area (Å²) in [6.07, 6.45) is 7.91.